The van der Waals surface area contributed by atoms with Crippen molar-refractivity contribution in [1.29, 1.82) is 0 Å². The molecule has 0 aromatic heterocycles. The molecule has 1 rings (SSSR count). The summed E-state index contributed by atoms with van der Waals surface area (Å²) < 4.78 is 9.72. The Morgan fingerprint density at radius 2 is 1.95 bits per heavy atom. The number of esters is 1. The smallest absolute Gasteiger partial charge is 0.329 e. The van der Waals surface area contributed by atoms with Gasteiger partial charge in [0.2, 0.25) is 0 Å². The maximum atomic E-state index is 12.0. The van der Waals surface area contributed by atoms with E-state index >= 15 is 0 Å². The third-order valence-electron chi connectivity index (χ3n) is 3.07. The highest BCUT2D eigenvalue weighted by atomic mass is 16.5. The zero-order chi connectivity index (χ0) is 15.3. The average molecular weight is 288 g/mol. The number of ether oxygens (including phenoxy) is 2. The van der Waals surface area contributed by atoms with Gasteiger partial charge in [-0.3, -0.25) is 4.79 Å². The summed E-state index contributed by atoms with van der Waals surface area (Å²) in [5.41, 5.74) is -0.614. The molecule has 114 valence electrons. The molecule has 0 spiro atoms. The molecule has 0 aromatic rings. The van der Waals surface area contributed by atoms with Crippen LogP contribution in [0.2, 0.25) is 0 Å². The Hall–Kier alpha value is -1.83. The number of aliphatic carboxylic acids is 1. The van der Waals surface area contributed by atoms with Gasteiger partial charge < -0.3 is 24.4 Å². The van der Waals surface area contributed by atoms with Gasteiger partial charge in [-0.05, 0) is 6.92 Å². The highest BCUT2D eigenvalue weighted by Gasteiger charge is 2.43. The lowest BCUT2D eigenvalue weighted by Gasteiger charge is -2.48. The zero-order valence-electron chi connectivity index (χ0n) is 11.9. The zero-order valence-corrected chi connectivity index (χ0v) is 11.9. The van der Waals surface area contributed by atoms with Crippen LogP contribution in [-0.2, 0) is 19.1 Å². The number of rotatable bonds is 6. The average Bonchev–Trinajstić information content (AvgIpc) is 2.37. The molecule has 1 saturated heterocycles. The van der Waals surface area contributed by atoms with Gasteiger partial charge in [-0.2, -0.15) is 0 Å². The molecule has 1 heterocycles. The molecule has 0 unspecified atom stereocenters. The largest absolute Gasteiger partial charge is 0.480 e. The second-order valence-electron chi connectivity index (χ2n) is 5.02. The lowest BCUT2D eigenvalue weighted by molar-refractivity contribution is -0.160. The van der Waals surface area contributed by atoms with Crippen LogP contribution in [0.3, 0.4) is 0 Å². The van der Waals surface area contributed by atoms with Crippen molar-refractivity contribution in [3.8, 4) is 0 Å². The monoisotopic (exact) mass is 288 g/mol. The Morgan fingerprint density at radius 3 is 2.45 bits per heavy atom. The molecule has 1 N–H and O–H groups in total. The van der Waals surface area contributed by atoms with E-state index in [4.69, 9.17) is 9.84 Å². The summed E-state index contributed by atoms with van der Waals surface area (Å²) in [7, 11) is 2.89. The number of carboxylic acids is 1. The summed E-state index contributed by atoms with van der Waals surface area (Å²) in [6.45, 7) is 2.32. The number of nitrogens with zero attached hydrogens (tertiary/aromatic N) is 2. The predicted molar refractivity (Wildman–Crippen MR) is 68.2 cm³/mol. The van der Waals surface area contributed by atoms with Crippen LogP contribution in [0.1, 0.15) is 13.3 Å². The lowest BCUT2D eigenvalue weighted by atomic mass is 9.97. The molecule has 0 atom stereocenters. The lowest BCUT2D eigenvalue weighted by Crippen LogP contribution is -2.65. The van der Waals surface area contributed by atoms with Crippen molar-refractivity contribution < 1.29 is 29.0 Å². The van der Waals surface area contributed by atoms with Crippen LogP contribution >= 0.6 is 0 Å². The summed E-state index contributed by atoms with van der Waals surface area (Å²) >= 11 is 0. The molecule has 0 saturated carbocycles. The van der Waals surface area contributed by atoms with Crippen LogP contribution in [0.4, 0.5) is 4.79 Å². The molecule has 2 amide bonds. The van der Waals surface area contributed by atoms with E-state index < -0.39 is 11.6 Å². The third kappa shape index (κ3) is 4.37. The van der Waals surface area contributed by atoms with Crippen LogP contribution in [0.5, 0.6) is 0 Å². The molecular formula is C12H20N2O6. The van der Waals surface area contributed by atoms with Gasteiger partial charge in [0.05, 0.1) is 26.6 Å². The molecule has 8 heteroatoms. The van der Waals surface area contributed by atoms with Crippen LogP contribution in [0, 0.1) is 0 Å². The first kappa shape index (κ1) is 16.2. The minimum Gasteiger partial charge on any atom is -0.480 e. The second kappa shape index (κ2) is 6.56. The molecule has 1 aliphatic rings. The normalized spacial score (nSPS) is 16.2. The summed E-state index contributed by atoms with van der Waals surface area (Å²) in [4.78, 5) is 36.4. The molecule has 20 heavy (non-hydrogen) atoms. The number of hydrogen-bond acceptors (Lipinski definition) is 5. The van der Waals surface area contributed by atoms with Crippen molar-refractivity contribution in [3.05, 3.63) is 0 Å². The van der Waals surface area contributed by atoms with Gasteiger partial charge in [-0.1, -0.05) is 0 Å². The first-order valence-electron chi connectivity index (χ1n) is 6.20. The fourth-order valence-corrected chi connectivity index (χ4v) is 1.92. The second-order valence-corrected chi connectivity index (χ2v) is 5.02. The Labute approximate surface area is 117 Å². The molecule has 0 radical (unpaired) electrons. The number of carboxylic acid groups (broad SMARTS) is 1. The first-order chi connectivity index (χ1) is 9.27. The Bertz CT molecular complexity index is 391. The first-order valence-corrected chi connectivity index (χ1v) is 6.20. The van der Waals surface area contributed by atoms with Crippen LogP contribution in [-0.4, -0.2) is 78.9 Å². The van der Waals surface area contributed by atoms with E-state index in [-0.39, 0.29) is 31.6 Å². The van der Waals surface area contributed by atoms with E-state index in [1.165, 1.54) is 12.0 Å². The van der Waals surface area contributed by atoms with Gasteiger partial charge in [0, 0.05) is 13.6 Å². The standard InChI is InChI=1S/C12H20N2O6/c1-12(20-6-9(15)16)7-14(8-12)11(18)13(2)5-4-10(17)19-3/h4-8H2,1-3H3,(H,15,16). The number of likely N-dealkylation sites (tertiary alicyclic amines) is 1. The highest BCUT2D eigenvalue weighted by molar-refractivity contribution is 5.76. The predicted octanol–water partition coefficient (Wildman–Crippen LogP) is -0.223. The van der Waals surface area contributed by atoms with E-state index in [1.54, 1.807) is 18.9 Å². The third-order valence-corrected chi connectivity index (χ3v) is 3.07. The van der Waals surface area contributed by atoms with E-state index in [0.29, 0.717) is 13.1 Å². The maximum Gasteiger partial charge on any atom is 0.329 e. The van der Waals surface area contributed by atoms with E-state index in [1.807, 2.05) is 0 Å². The van der Waals surface area contributed by atoms with Crippen molar-refractivity contribution >= 4 is 18.0 Å². The molecule has 1 fully saturated rings. The quantitative estimate of drug-likeness (QED) is 0.679. The van der Waals surface area contributed by atoms with E-state index in [9.17, 15) is 14.4 Å². The number of hydrogen-bond donors (Lipinski definition) is 1. The van der Waals surface area contributed by atoms with E-state index in [0.717, 1.165) is 0 Å². The van der Waals surface area contributed by atoms with Gasteiger partial charge in [-0.25, -0.2) is 9.59 Å². The van der Waals surface area contributed by atoms with Gasteiger partial charge in [0.15, 0.2) is 0 Å². The summed E-state index contributed by atoms with van der Waals surface area (Å²) in [5.74, 6) is -1.41. The van der Waals surface area contributed by atoms with Crippen molar-refractivity contribution in [2.45, 2.75) is 18.9 Å². The summed E-state index contributed by atoms with van der Waals surface area (Å²) in [6, 6.07) is -0.217. The van der Waals surface area contributed by atoms with Gasteiger partial charge in [0.25, 0.3) is 0 Å². The SMILES string of the molecule is COC(=O)CCN(C)C(=O)N1CC(C)(OCC(=O)O)C1. The van der Waals surface area contributed by atoms with Gasteiger partial charge >= 0.3 is 18.0 Å². The number of carbonyl (C=O) groups is 3. The van der Waals surface area contributed by atoms with Crippen molar-refractivity contribution in [1.82, 2.24) is 9.80 Å². The van der Waals surface area contributed by atoms with Crippen LogP contribution in [0.25, 0.3) is 0 Å². The molecule has 0 bridgehead atoms. The fraction of sp³-hybridized carbons (Fsp3) is 0.750. The van der Waals surface area contributed by atoms with Crippen LogP contribution in [0.15, 0.2) is 0 Å². The highest BCUT2D eigenvalue weighted by Crippen LogP contribution is 2.25. The number of amides is 2. The summed E-state index contributed by atoms with van der Waals surface area (Å²) in [5, 5.41) is 8.55. The van der Waals surface area contributed by atoms with E-state index in [2.05, 4.69) is 4.74 Å². The molecular weight excluding hydrogens is 268 g/mol. The topological polar surface area (TPSA) is 96.4 Å². The van der Waals surface area contributed by atoms with Gasteiger partial charge in [-0.15, -0.1) is 0 Å². The molecule has 8 nitrogen and oxygen atoms in total. The minimum absolute atomic E-state index is 0.138. The fourth-order valence-electron chi connectivity index (χ4n) is 1.92. The Morgan fingerprint density at radius 1 is 1.35 bits per heavy atom. The number of methoxy groups -OCH3 is 1. The molecule has 1 aliphatic heterocycles. The van der Waals surface area contributed by atoms with Crippen molar-refractivity contribution in [2.24, 2.45) is 0 Å². The van der Waals surface area contributed by atoms with Crippen molar-refractivity contribution in [3.63, 3.8) is 0 Å². The van der Waals surface area contributed by atoms with Crippen molar-refractivity contribution in [2.75, 3.05) is 40.4 Å². The Balaban J connectivity index is 2.33. The molecule has 0 aromatic carbocycles. The minimum atomic E-state index is -1.04. The van der Waals surface area contributed by atoms with Crippen LogP contribution < -0.4 is 0 Å². The summed E-state index contributed by atoms with van der Waals surface area (Å²) in [6.07, 6.45) is 0.138. The number of urea groups is 1. The molecule has 0 aliphatic carbocycles. The van der Waals surface area contributed by atoms with Gasteiger partial charge in [0.1, 0.15) is 12.2 Å². The Kier molecular flexibility index (Phi) is 5.32. The number of carbonyl (C=O) groups excluding carboxylic acids is 2. The maximum absolute atomic E-state index is 12.0.